The number of hydrogen-bond acceptors (Lipinski definition) is 6. The third-order valence-electron chi connectivity index (χ3n) is 10.6. The molecule has 0 aromatic heterocycles. The van der Waals surface area contributed by atoms with Gasteiger partial charge in [0, 0.05) is 0 Å². The van der Waals surface area contributed by atoms with Gasteiger partial charge in [0.1, 0.15) is 24.4 Å². The van der Waals surface area contributed by atoms with Crippen molar-refractivity contribution in [3.63, 3.8) is 0 Å². The lowest BCUT2D eigenvalue weighted by Crippen LogP contribution is -2.68. The number of ether oxygens (including phenoxy) is 2. The summed E-state index contributed by atoms with van der Waals surface area (Å²) in [5.41, 5.74) is 0.488. The molecular formula is C36H63IO6Si3. The maximum atomic E-state index is 13.7. The average molecular weight is 803 g/mol. The van der Waals surface area contributed by atoms with Crippen molar-refractivity contribution in [1.29, 1.82) is 0 Å². The van der Waals surface area contributed by atoms with Crippen LogP contribution in [0.3, 0.4) is 0 Å². The van der Waals surface area contributed by atoms with Crippen molar-refractivity contribution < 1.29 is 27.5 Å². The molecule has 1 aliphatic heterocycles. The Morgan fingerprint density at radius 3 is 1.74 bits per heavy atom. The minimum Gasteiger partial charge on any atom is -0.453 e. The van der Waals surface area contributed by atoms with E-state index in [2.05, 4.69) is 137 Å². The van der Waals surface area contributed by atoms with Gasteiger partial charge in [-0.25, -0.2) is 4.79 Å². The maximum absolute atomic E-state index is 13.7. The van der Waals surface area contributed by atoms with E-state index in [1.54, 1.807) is 12.1 Å². The second kappa shape index (κ2) is 15.5. The summed E-state index contributed by atoms with van der Waals surface area (Å²) in [4.78, 5) is 13.7. The molecule has 0 saturated carbocycles. The topological polar surface area (TPSA) is 63.2 Å². The fourth-order valence-electron chi connectivity index (χ4n) is 4.58. The molecule has 5 unspecified atom stereocenters. The van der Waals surface area contributed by atoms with E-state index in [1.165, 1.54) is 0 Å². The van der Waals surface area contributed by atoms with Crippen LogP contribution in [0.5, 0.6) is 0 Å². The van der Waals surface area contributed by atoms with Crippen molar-refractivity contribution in [3.8, 4) is 0 Å². The molecule has 0 bridgehead atoms. The summed E-state index contributed by atoms with van der Waals surface area (Å²) < 4.78 is 37.5. The van der Waals surface area contributed by atoms with E-state index in [0.717, 1.165) is 0 Å². The summed E-state index contributed by atoms with van der Waals surface area (Å²) in [5, 5.41) is -0.189. The lowest BCUT2D eigenvalue weighted by molar-refractivity contribution is -0.227. The van der Waals surface area contributed by atoms with E-state index >= 15 is 0 Å². The Labute approximate surface area is 297 Å². The highest BCUT2D eigenvalue weighted by Crippen LogP contribution is 2.46. The Bertz CT molecular complexity index is 1180. The highest BCUT2D eigenvalue weighted by molar-refractivity contribution is 14.1. The van der Waals surface area contributed by atoms with Crippen LogP contribution in [-0.2, 0) is 22.8 Å². The van der Waals surface area contributed by atoms with Crippen molar-refractivity contribution in [2.75, 3.05) is 0 Å². The summed E-state index contributed by atoms with van der Waals surface area (Å²) in [6.07, 6.45) is 1.16. The first-order valence-corrected chi connectivity index (χ1v) is 26.6. The number of esters is 1. The molecule has 262 valence electrons. The van der Waals surface area contributed by atoms with Crippen molar-refractivity contribution in [2.24, 2.45) is 0 Å². The van der Waals surface area contributed by atoms with E-state index in [9.17, 15) is 4.79 Å². The Kier molecular flexibility index (Phi) is 14.0. The molecule has 1 aromatic rings. The second-order valence-corrected chi connectivity index (χ2v) is 32.2. The van der Waals surface area contributed by atoms with Crippen molar-refractivity contribution in [3.05, 3.63) is 58.7 Å². The summed E-state index contributed by atoms with van der Waals surface area (Å²) in [5.74, 6) is -0.405. The zero-order chi connectivity index (χ0) is 35.5. The first kappa shape index (κ1) is 41.6. The maximum Gasteiger partial charge on any atom is 0.338 e. The Morgan fingerprint density at radius 1 is 0.826 bits per heavy atom. The van der Waals surface area contributed by atoms with Gasteiger partial charge in [0.25, 0.3) is 0 Å². The Morgan fingerprint density at radius 2 is 1.30 bits per heavy atom. The van der Waals surface area contributed by atoms with E-state index in [4.69, 9.17) is 22.8 Å². The van der Waals surface area contributed by atoms with Gasteiger partial charge >= 0.3 is 5.97 Å². The van der Waals surface area contributed by atoms with Gasteiger partial charge in [-0.2, -0.15) is 0 Å². The third-order valence-corrected chi connectivity index (χ3v) is 24.5. The molecule has 6 atom stereocenters. The van der Waals surface area contributed by atoms with Gasteiger partial charge in [0.2, 0.25) is 0 Å². The molecule has 0 radical (unpaired) electrons. The van der Waals surface area contributed by atoms with Crippen LogP contribution in [0.4, 0.5) is 0 Å². The molecule has 46 heavy (non-hydrogen) atoms. The summed E-state index contributed by atoms with van der Waals surface area (Å²) in [7, 11) is -7.10. The van der Waals surface area contributed by atoms with Crippen LogP contribution < -0.4 is 0 Å². The molecule has 0 spiro atoms. The highest BCUT2D eigenvalue weighted by Gasteiger charge is 2.57. The van der Waals surface area contributed by atoms with E-state index < -0.39 is 67.5 Å². The predicted octanol–water partition coefficient (Wildman–Crippen LogP) is 10.7. The van der Waals surface area contributed by atoms with Gasteiger partial charge < -0.3 is 22.8 Å². The second-order valence-electron chi connectivity index (χ2n) is 17.2. The quantitative estimate of drug-likeness (QED) is 0.0908. The van der Waals surface area contributed by atoms with Crippen LogP contribution in [0.2, 0.25) is 54.4 Å². The Hall–Kier alpha value is -0.609. The van der Waals surface area contributed by atoms with Crippen LogP contribution >= 0.6 is 22.6 Å². The van der Waals surface area contributed by atoms with Crippen LogP contribution in [0, 0.1) is 0 Å². The van der Waals surface area contributed by atoms with Gasteiger partial charge in [-0.1, -0.05) is 109 Å². The van der Waals surface area contributed by atoms with E-state index in [-0.39, 0.29) is 15.1 Å². The average Bonchev–Trinajstić information content (AvgIpc) is 2.89. The monoisotopic (exact) mass is 802 g/mol. The number of hydrogen-bond donors (Lipinski definition) is 0. The van der Waals surface area contributed by atoms with Crippen LogP contribution in [0.25, 0.3) is 0 Å². The molecule has 2 rings (SSSR count). The number of benzene rings is 1. The summed E-state index contributed by atoms with van der Waals surface area (Å²) in [6.45, 7) is 37.7. The highest BCUT2D eigenvalue weighted by atomic mass is 127. The molecule has 1 heterocycles. The standard InChI is InChI=1S/C36H63IO6Si3/c1-17-21-27-29(40-33(38)26-22-19-18-20-23-26)31(42-45(13,14)35(5,6)7)32(43-46(15,16)36(8,9)10)30(39-27)28(24-25-37)41-44(11,12)34(2,3)4/h17-20,22-25,27-32H,1,21H2,2-16H3/b25-24+/t27?,28-,29?,30?,31?,32?/m0/s1. The zero-order valence-corrected chi connectivity index (χ0v) is 36.5. The minimum atomic E-state index is -2.43. The number of rotatable bonds is 12. The lowest BCUT2D eigenvalue weighted by atomic mass is 9.90. The van der Waals surface area contributed by atoms with Crippen LogP contribution in [0.1, 0.15) is 79.1 Å². The first-order valence-electron chi connectivity index (χ1n) is 16.6. The molecule has 10 heteroatoms. The SMILES string of the molecule is C=CCC1OC([C@H](/C=C/I)O[Si](C)(C)C(C)(C)C)C(O[Si](C)(C)C(C)(C)C)C(O[Si](C)(C)C(C)(C)C)C1OC(=O)c1ccccc1. The molecular weight excluding hydrogens is 740 g/mol. The van der Waals surface area contributed by atoms with Gasteiger partial charge in [-0.3, -0.25) is 0 Å². The van der Waals surface area contributed by atoms with Gasteiger partial charge in [0.15, 0.2) is 31.1 Å². The fraction of sp³-hybridized carbons (Fsp3) is 0.694. The molecule has 0 amide bonds. The summed E-state index contributed by atoms with van der Waals surface area (Å²) in [6, 6.07) is 9.13. The molecule has 0 aliphatic carbocycles. The lowest BCUT2D eigenvalue weighted by Gasteiger charge is -2.54. The van der Waals surface area contributed by atoms with Crippen molar-refractivity contribution in [2.45, 2.75) is 160 Å². The smallest absolute Gasteiger partial charge is 0.338 e. The largest absolute Gasteiger partial charge is 0.453 e. The van der Waals surface area contributed by atoms with Gasteiger partial charge in [-0.05, 0) is 83.1 Å². The third kappa shape index (κ3) is 10.2. The minimum absolute atomic E-state index is 0.0138. The van der Waals surface area contributed by atoms with Crippen molar-refractivity contribution >= 4 is 53.5 Å². The molecule has 1 aliphatic rings. The number of halogens is 1. The van der Waals surface area contributed by atoms with E-state index in [0.29, 0.717) is 12.0 Å². The predicted molar refractivity (Wildman–Crippen MR) is 208 cm³/mol. The molecule has 1 fully saturated rings. The van der Waals surface area contributed by atoms with Crippen molar-refractivity contribution in [1.82, 2.24) is 0 Å². The van der Waals surface area contributed by atoms with Crippen LogP contribution in [-0.4, -0.2) is 67.5 Å². The molecule has 1 saturated heterocycles. The van der Waals surface area contributed by atoms with E-state index in [1.807, 2.05) is 28.4 Å². The van der Waals surface area contributed by atoms with Gasteiger partial charge in [0.05, 0.1) is 11.7 Å². The van der Waals surface area contributed by atoms with Gasteiger partial charge in [-0.15, -0.1) is 6.58 Å². The first-order chi connectivity index (χ1) is 20.8. The Balaban J connectivity index is 2.88. The normalized spacial score (nSPS) is 24.6. The molecule has 1 aromatic carbocycles. The fourth-order valence-corrected chi connectivity index (χ4v) is 8.84. The summed E-state index contributed by atoms with van der Waals surface area (Å²) >= 11 is 2.26. The number of carbonyl (C=O) groups is 1. The molecule has 0 N–H and O–H groups in total. The zero-order valence-electron chi connectivity index (χ0n) is 31.3. The van der Waals surface area contributed by atoms with Crippen LogP contribution in [0.15, 0.2) is 53.1 Å². The number of carbonyl (C=O) groups excluding carboxylic acids is 1. The molecule has 6 nitrogen and oxygen atoms in total.